The Kier molecular flexibility index (Phi) is 4.26. The molecule has 1 spiro atoms. The van der Waals surface area contributed by atoms with Crippen molar-refractivity contribution in [2.45, 2.75) is 51.2 Å². The second-order valence-electron chi connectivity index (χ2n) is 7.64. The van der Waals surface area contributed by atoms with Gasteiger partial charge in [-0.2, -0.15) is 5.10 Å². The Balaban J connectivity index is 1.46. The first-order chi connectivity index (χ1) is 12.6. The first-order valence-corrected chi connectivity index (χ1v) is 9.25. The van der Waals surface area contributed by atoms with E-state index in [0.717, 1.165) is 36.8 Å². The summed E-state index contributed by atoms with van der Waals surface area (Å²) in [6.07, 6.45) is 7.22. The molecule has 4 rings (SSSR count). The highest BCUT2D eigenvalue weighted by Gasteiger charge is 2.52. The summed E-state index contributed by atoms with van der Waals surface area (Å²) >= 11 is 0. The molecule has 1 N–H and O–H groups in total. The SMILES string of the molecule is C[C@@H]1CCC[C@@]2(C1)NC(=O)N(Cc1cnn(Cc3ccccc3)c1)C2=O. The number of hydrogen-bond donors (Lipinski definition) is 1. The standard InChI is InChI=1S/C20H24N4O2/c1-15-6-5-9-20(10-15)18(25)24(19(26)22-20)14-17-11-21-23(13-17)12-16-7-3-2-4-8-16/h2-4,7-8,11,13,15H,5-6,9-10,12,14H2,1H3,(H,22,26)/t15-,20+/m1/s1. The molecular formula is C20H24N4O2. The highest BCUT2D eigenvalue weighted by atomic mass is 16.2. The molecule has 6 heteroatoms. The van der Waals surface area contributed by atoms with Crippen LogP contribution in [-0.4, -0.2) is 32.2 Å². The second kappa shape index (κ2) is 6.59. The van der Waals surface area contributed by atoms with Crippen molar-refractivity contribution in [2.24, 2.45) is 5.92 Å². The van der Waals surface area contributed by atoms with Gasteiger partial charge in [0.2, 0.25) is 0 Å². The van der Waals surface area contributed by atoms with E-state index in [4.69, 9.17) is 0 Å². The molecule has 1 aliphatic heterocycles. The molecule has 2 fully saturated rings. The number of nitrogens with one attached hydrogen (secondary N) is 1. The average molecular weight is 352 g/mol. The van der Waals surface area contributed by atoms with Crippen molar-refractivity contribution in [2.75, 3.05) is 0 Å². The number of aromatic nitrogens is 2. The number of carbonyl (C=O) groups excluding carboxylic acids is 2. The summed E-state index contributed by atoms with van der Waals surface area (Å²) in [5.74, 6) is 0.381. The van der Waals surface area contributed by atoms with Gasteiger partial charge in [0.1, 0.15) is 5.54 Å². The van der Waals surface area contributed by atoms with Crippen LogP contribution in [0.25, 0.3) is 0 Å². The van der Waals surface area contributed by atoms with E-state index in [1.54, 1.807) is 6.20 Å². The molecule has 136 valence electrons. The number of amides is 3. The summed E-state index contributed by atoms with van der Waals surface area (Å²) in [5, 5.41) is 7.34. The van der Waals surface area contributed by atoms with E-state index in [2.05, 4.69) is 17.3 Å². The van der Waals surface area contributed by atoms with Gasteiger partial charge in [0.25, 0.3) is 5.91 Å². The zero-order valence-corrected chi connectivity index (χ0v) is 15.0. The van der Waals surface area contributed by atoms with Crippen LogP contribution in [0, 0.1) is 5.92 Å². The molecule has 1 saturated carbocycles. The van der Waals surface area contributed by atoms with E-state index in [0.29, 0.717) is 12.5 Å². The Morgan fingerprint density at radius 3 is 2.77 bits per heavy atom. The number of benzene rings is 1. The minimum absolute atomic E-state index is 0.0788. The first kappa shape index (κ1) is 16.8. The third-order valence-electron chi connectivity index (χ3n) is 5.46. The van der Waals surface area contributed by atoms with Gasteiger partial charge in [-0.05, 0) is 24.3 Å². The minimum atomic E-state index is -0.686. The molecule has 2 atom stereocenters. The molecule has 2 aliphatic rings. The number of urea groups is 1. The van der Waals surface area contributed by atoms with Crippen molar-refractivity contribution in [3.63, 3.8) is 0 Å². The lowest BCUT2D eigenvalue weighted by Crippen LogP contribution is -2.50. The molecule has 1 saturated heterocycles. The molecule has 2 aromatic rings. The highest BCUT2D eigenvalue weighted by Crippen LogP contribution is 2.37. The summed E-state index contributed by atoms with van der Waals surface area (Å²) in [7, 11) is 0. The maximum atomic E-state index is 13.0. The number of rotatable bonds is 4. The van der Waals surface area contributed by atoms with Crippen LogP contribution in [0.3, 0.4) is 0 Å². The van der Waals surface area contributed by atoms with Crippen LogP contribution in [0.4, 0.5) is 4.79 Å². The fraction of sp³-hybridized carbons (Fsp3) is 0.450. The van der Waals surface area contributed by atoms with Crippen LogP contribution in [0.15, 0.2) is 42.7 Å². The Labute approximate surface area is 153 Å². The highest BCUT2D eigenvalue weighted by molar-refractivity contribution is 6.07. The van der Waals surface area contributed by atoms with E-state index in [1.807, 2.05) is 41.2 Å². The molecule has 0 radical (unpaired) electrons. The Morgan fingerprint density at radius 1 is 1.19 bits per heavy atom. The summed E-state index contributed by atoms with van der Waals surface area (Å²) in [6.45, 7) is 3.09. The Morgan fingerprint density at radius 2 is 2.00 bits per heavy atom. The van der Waals surface area contributed by atoms with Crippen molar-refractivity contribution in [1.82, 2.24) is 20.0 Å². The van der Waals surface area contributed by atoms with E-state index in [1.165, 1.54) is 4.90 Å². The van der Waals surface area contributed by atoms with E-state index >= 15 is 0 Å². The van der Waals surface area contributed by atoms with Crippen LogP contribution >= 0.6 is 0 Å². The van der Waals surface area contributed by atoms with Gasteiger partial charge in [-0.25, -0.2) is 4.79 Å². The second-order valence-corrected chi connectivity index (χ2v) is 7.64. The lowest BCUT2D eigenvalue weighted by Gasteiger charge is -2.34. The molecule has 1 aromatic carbocycles. The lowest BCUT2D eigenvalue weighted by atomic mass is 9.76. The molecule has 26 heavy (non-hydrogen) atoms. The van der Waals surface area contributed by atoms with Crippen LogP contribution < -0.4 is 5.32 Å². The predicted octanol–water partition coefficient (Wildman–Crippen LogP) is 2.93. The monoisotopic (exact) mass is 352 g/mol. The van der Waals surface area contributed by atoms with Crippen molar-refractivity contribution < 1.29 is 9.59 Å². The molecule has 3 amide bonds. The topological polar surface area (TPSA) is 67.2 Å². The van der Waals surface area contributed by atoms with Gasteiger partial charge in [-0.15, -0.1) is 0 Å². The van der Waals surface area contributed by atoms with Crippen LogP contribution in [-0.2, 0) is 17.9 Å². The van der Waals surface area contributed by atoms with Crippen LogP contribution in [0.1, 0.15) is 43.7 Å². The van der Waals surface area contributed by atoms with Gasteiger partial charge in [0.05, 0.1) is 19.3 Å². The maximum Gasteiger partial charge on any atom is 0.325 e. The number of hydrogen-bond acceptors (Lipinski definition) is 3. The largest absolute Gasteiger partial charge is 0.325 e. The van der Waals surface area contributed by atoms with E-state index < -0.39 is 5.54 Å². The smallest absolute Gasteiger partial charge is 0.323 e. The molecular weight excluding hydrogens is 328 g/mol. The van der Waals surface area contributed by atoms with Gasteiger partial charge >= 0.3 is 6.03 Å². The van der Waals surface area contributed by atoms with Gasteiger partial charge in [-0.3, -0.25) is 14.4 Å². The summed E-state index contributed by atoms with van der Waals surface area (Å²) < 4.78 is 1.83. The fourth-order valence-corrected chi connectivity index (χ4v) is 4.21. The summed E-state index contributed by atoms with van der Waals surface area (Å²) in [5.41, 5.74) is 1.34. The van der Waals surface area contributed by atoms with Gasteiger partial charge < -0.3 is 5.32 Å². The van der Waals surface area contributed by atoms with Crippen LogP contribution in [0.2, 0.25) is 0 Å². The van der Waals surface area contributed by atoms with Crippen molar-refractivity contribution in [1.29, 1.82) is 0 Å². The maximum absolute atomic E-state index is 13.0. The quantitative estimate of drug-likeness (QED) is 0.861. The van der Waals surface area contributed by atoms with Gasteiger partial charge in [-0.1, -0.05) is 50.1 Å². The predicted molar refractivity (Wildman–Crippen MR) is 97.2 cm³/mol. The van der Waals surface area contributed by atoms with Gasteiger partial charge in [0.15, 0.2) is 0 Å². The Hall–Kier alpha value is -2.63. The number of imide groups is 1. The van der Waals surface area contributed by atoms with E-state index in [9.17, 15) is 9.59 Å². The Bertz CT molecular complexity index is 816. The molecule has 0 unspecified atom stereocenters. The number of nitrogens with zero attached hydrogens (tertiary/aromatic N) is 3. The summed E-state index contributed by atoms with van der Waals surface area (Å²) in [6, 6.07) is 9.80. The molecule has 6 nitrogen and oxygen atoms in total. The van der Waals surface area contributed by atoms with Gasteiger partial charge in [0, 0.05) is 11.8 Å². The minimum Gasteiger partial charge on any atom is -0.323 e. The zero-order chi connectivity index (χ0) is 18.1. The van der Waals surface area contributed by atoms with Crippen molar-refractivity contribution in [3.8, 4) is 0 Å². The van der Waals surface area contributed by atoms with E-state index in [-0.39, 0.29) is 18.5 Å². The van der Waals surface area contributed by atoms with Crippen molar-refractivity contribution in [3.05, 3.63) is 53.9 Å². The lowest BCUT2D eigenvalue weighted by molar-refractivity contribution is -0.133. The number of carbonyl (C=O) groups is 2. The molecule has 1 aliphatic carbocycles. The van der Waals surface area contributed by atoms with Crippen molar-refractivity contribution >= 4 is 11.9 Å². The third kappa shape index (κ3) is 3.11. The third-order valence-corrected chi connectivity index (χ3v) is 5.46. The van der Waals surface area contributed by atoms with Crippen LogP contribution in [0.5, 0.6) is 0 Å². The first-order valence-electron chi connectivity index (χ1n) is 9.25. The average Bonchev–Trinajstić information content (AvgIpc) is 3.14. The fourth-order valence-electron chi connectivity index (χ4n) is 4.21. The normalized spacial score (nSPS) is 25.7. The molecule has 2 heterocycles. The molecule has 1 aromatic heterocycles. The summed E-state index contributed by atoms with van der Waals surface area (Å²) in [4.78, 5) is 26.7. The zero-order valence-electron chi connectivity index (χ0n) is 15.0. The molecule has 0 bridgehead atoms.